The fourth-order valence-corrected chi connectivity index (χ4v) is 2.45. The monoisotopic (exact) mass is 346 g/mol. The number of nitrogens with two attached hydrogens (primary N) is 1. The van der Waals surface area contributed by atoms with Gasteiger partial charge in [0.25, 0.3) is 0 Å². The molecule has 0 heterocycles. The molecule has 0 bridgehead atoms. The smallest absolute Gasteiger partial charge is 0.238 e. The highest BCUT2D eigenvalue weighted by Gasteiger charge is 2.06. The molecule has 0 saturated heterocycles. The van der Waals surface area contributed by atoms with Crippen LogP contribution >= 0.6 is 0 Å². The van der Waals surface area contributed by atoms with Crippen LogP contribution < -0.4 is 15.2 Å². The highest BCUT2D eigenvalue weighted by Crippen LogP contribution is 2.14. The fraction of sp³-hybridized carbons (Fsp3) is 0.118. The molecule has 7 heteroatoms. The lowest BCUT2D eigenvalue weighted by Crippen LogP contribution is -2.11. The summed E-state index contributed by atoms with van der Waals surface area (Å²) >= 11 is 0. The Morgan fingerprint density at radius 1 is 1.12 bits per heavy atom. The van der Waals surface area contributed by atoms with Crippen molar-refractivity contribution in [1.82, 2.24) is 0 Å². The summed E-state index contributed by atoms with van der Waals surface area (Å²) in [7, 11) is -3.71. The molecule has 0 radical (unpaired) electrons. The molecule has 0 aromatic heterocycles. The third kappa shape index (κ3) is 4.94. The molecule has 0 spiro atoms. The highest BCUT2D eigenvalue weighted by molar-refractivity contribution is 7.89. The average molecular weight is 346 g/mol. The van der Waals surface area contributed by atoms with E-state index in [1.807, 2.05) is 6.92 Å². The van der Waals surface area contributed by atoms with Gasteiger partial charge in [-0.15, -0.1) is 0 Å². The zero-order valence-corrected chi connectivity index (χ0v) is 13.9. The predicted octanol–water partition coefficient (Wildman–Crippen LogP) is 2.54. The summed E-state index contributed by atoms with van der Waals surface area (Å²) in [6.07, 6.45) is 2.88. The maximum Gasteiger partial charge on any atom is 0.238 e. The number of carbonyl (C=O) groups is 1. The van der Waals surface area contributed by atoms with Crippen molar-refractivity contribution in [3.05, 3.63) is 66.4 Å². The van der Waals surface area contributed by atoms with E-state index in [9.17, 15) is 13.2 Å². The van der Waals surface area contributed by atoms with Crippen LogP contribution in [0.4, 0.5) is 5.69 Å². The fourth-order valence-electron chi connectivity index (χ4n) is 1.93. The van der Waals surface area contributed by atoms with E-state index in [4.69, 9.17) is 9.88 Å². The van der Waals surface area contributed by atoms with Gasteiger partial charge in [0.1, 0.15) is 5.75 Å². The summed E-state index contributed by atoms with van der Waals surface area (Å²) in [5, 5.41) is 7.92. The van der Waals surface area contributed by atoms with Crippen molar-refractivity contribution in [2.45, 2.75) is 11.8 Å². The summed E-state index contributed by atoms with van der Waals surface area (Å²) in [6.45, 7) is 2.46. The topological polar surface area (TPSA) is 98.5 Å². The first-order valence-electron chi connectivity index (χ1n) is 7.23. The zero-order valence-electron chi connectivity index (χ0n) is 13.1. The molecule has 6 nitrogen and oxygen atoms in total. The maximum atomic E-state index is 12.0. The molecule has 126 valence electrons. The summed E-state index contributed by atoms with van der Waals surface area (Å²) < 4.78 is 27.6. The van der Waals surface area contributed by atoms with Crippen LogP contribution in [-0.4, -0.2) is 20.8 Å². The number of ether oxygens (including phenoxy) is 1. The molecule has 0 unspecified atom stereocenters. The minimum atomic E-state index is -3.71. The molecule has 0 fully saturated rings. The minimum Gasteiger partial charge on any atom is -0.494 e. The van der Waals surface area contributed by atoms with Gasteiger partial charge in [0.05, 0.1) is 11.5 Å². The lowest BCUT2D eigenvalue weighted by molar-refractivity contribution is 0.104. The van der Waals surface area contributed by atoms with E-state index in [1.54, 1.807) is 36.4 Å². The van der Waals surface area contributed by atoms with Crippen molar-refractivity contribution >= 4 is 21.5 Å². The van der Waals surface area contributed by atoms with Crippen LogP contribution in [0.5, 0.6) is 5.75 Å². The second kappa shape index (κ2) is 7.76. The van der Waals surface area contributed by atoms with E-state index in [0.717, 1.165) is 0 Å². The molecule has 0 aliphatic carbocycles. The quantitative estimate of drug-likeness (QED) is 0.593. The van der Waals surface area contributed by atoms with Crippen LogP contribution in [0.2, 0.25) is 0 Å². The van der Waals surface area contributed by atoms with Gasteiger partial charge in [0, 0.05) is 23.5 Å². The number of primary sulfonamides is 1. The van der Waals surface area contributed by atoms with Crippen LogP contribution in [-0.2, 0) is 10.0 Å². The van der Waals surface area contributed by atoms with Crippen molar-refractivity contribution in [2.75, 3.05) is 11.9 Å². The van der Waals surface area contributed by atoms with Gasteiger partial charge in [-0.2, -0.15) is 0 Å². The van der Waals surface area contributed by atoms with Gasteiger partial charge < -0.3 is 10.1 Å². The zero-order chi connectivity index (χ0) is 17.6. The first kappa shape index (κ1) is 17.7. The van der Waals surface area contributed by atoms with Crippen molar-refractivity contribution in [3.8, 4) is 5.75 Å². The maximum absolute atomic E-state index is 12.0. The van der Waals surface area contributed by atoms with E-state index < -0.39 is 10.0 Å². The molecule has 0 amide bonds. The molecule has 2 aromatic rings. The van der Waals surface area contributed by atoms with Crippen molar-refractivity contribution < 1.29 is 17.9 Å². The van der Waals surface area contributed by atoms with E-state index in [1.165, 1.54) is 24.4 Å². The van der Waals surface area contributed by atoms with Crippen molar-refractivity contribution in [1.29, 1.82) is 0 Å². The third-order valence-electron chi connectivity index (χ3n) is 3.12. The van der Waals surface area contributed by atoms with E-state index in [0.29, 0.717) is 23.6 Å². The normalized spacial score (nSPS) is 11.4. The first-order chi connectivity index (χ1) is 11.4. The SMILES string of the molecule is CCOc1ccc(C(=O)C=CNc2ccc(S(N)(=O)=O)cc2)cc1. The number of hydrogen-bond acceptors (Lipinski definition) is 5. The molecule has 2 aromatic carbocycles. The van der Waals surface area contributed by atoms with E-state index >= 15 is 0 Å². The Morgan fingerprint density at radius 3 is 2.29 bits per heavy atom. The summed E-state index contributed by atoms with van der Waals surface area (Å²) in [4.78, 5) is 12.1. The summed E-state index contributed by atoms with van der Waals surface area (Å²) in [6, 6.07) is 12.8. The van der Waals surface area contributed by atoms with Crippen molar-refractivity contribution in [3.63, 3.8) is 0 Å². The minimum absolute atomic E-state index is 0.0301. The van der Waals surface area contributed by atoms with Gasteiger partial charge in [-0.3, -0.25) is 4.79 Å². The number of anilines is 1. The van der Waals surface area contributed by atoms with Crippen molar-refractivity contribution in [2.24, 2.45) is 5.14 Å². The number of sulfonamides is 1. The standard InChI is InChI=1S/C17H18N2O4S/c1-2-23-15-7-3-13(4-8-15)17(20)11-12-19-14-5-9-16(10-6-14)24(18,21)22/h3-12,19H,2H2,1H3,(H2,18,21,22). The van der Waals surface area contributed by atoms with Gasteiger partial charge >= 0.3 is 0 Å². The van der Waals surface area contributed by atoms with E-state index in [-0.39, 0.29) is 10.7 Å². The molecular weight excluding hydrogens is 328 g/mol. The largest absolute Gasteiger partial charge is 0.494 e. The molecule has 3 N–H and O–H groups in total. The number of benzene rings is 2. The average Bonchev–Trinajstić information content (AvgIpc) is 2.55. The van der Waals surface area contributed by atoms with Gasteiger partial charge in [0.15, 0.2) is 5.78 Å². The third-order valence-corrected chi connectivity index (χ3v) is 4.05. The Kier molecular flexibility index (Phi) is 5.73. The molecule has 24 heavy (non-hydrogen) atoms. The molecule has 0 aliphatic heterocycles. The van der Waals surface area contributed by atoms with Crippen LogP contribution in [0.3, 0.4) is 0 Å². The summed E-state index contributed by atoms with van der Waals surface area (Å²) in [5.74, 6) is 0.554. The second-order valence-electron chi connectivity index (χ2n) is 4.87. The van der Waals surface area contributed by atoms with Gasteiger partial charge in [-0.05, 0) is 55.5 Å². The van der Waals surface area contributed by atoms with Crippen LogP contribution in [0, 0.1) is 0 Å². The Balaban J connectivity index is 1.96. The first-order valence-corrected chi connectivity index (χ1v) is 8.78. The molecule has 0 saturated carbocycles. The van der Waals surface area contributed by atoms with Crippen LogP contribution in [0.25, 0.3) is 0 Å². The molecular formula is C17H18N2O4S. The molecule has 0 aliphatic rings. The Labute approximate surface area is 141 Å². The Hall–Kier alpha value is -2.64. The Bertz CT molecular complexity index is 826. The van der Waals surface area contributed by atoms with Crippen LogP contribution in [0.1, 0.15) is 17.3 Å². The van der Waals surface area contributed by atoms with Gasteiger partial charge in [-0.25, -0.2) is 13.6 Å². The summed E-state index contributed by atoms with van der Waals surface area (Å²) in [5.41, 5.74) is 1.18. The second-order valence-corrected chi connectivity index (χ2v) is 6.43. The number of rotatable bonds is 7. The van der Waals surface area contributed by atoms with Crippen LogP contribution in [0.15, 0.2) is 65.7 Å². The molecule has 0 atom stereocenters. The highest BCUT2D eigenvalue weighted by atomic mass is 32.2. The Morgan fingerprint density at radius 2 is 1.75 bits per heavy atom. The van der Waals surface area contributed by atoms with E-state index in [2.05, 4.69) is 5.32 Å². The number of carbonyl (C=O) groups excluding carboxylic acids is 1. The number of ketones is 1. The number of allylic oxidation sites excluding steroid dienone is 1. The lowest BCUT2D eigenvalue weighted by atomic mass is 10.1. The number of hydrogen-bond donors (Lipinski definition) is 2. The van der Waals surface area contributed by atoms with Gasteiger partial charge in [0.2, 0.25) is 10.0 Å². The molecule has 2 rings (SSSR count). The van der Waals surface area contributed by atoms with Gasteiger partial charge in [-0.1, -0.05) is 0 Å². The lowest BCUT2D eigenvalue weighted by Gasteiger charge is -2.03. The number of nitrogens with one attached hydrogen (secondary N) is 1. The predicted molar refractivity (Wildman–Crippen MR) is 92.5 cm³/mol.